The summed E-state index contributed by atoms with van der Waals surface area (Å²) >= 11 is 0. The molecule has 13 heteroatoms. The normalized spacial score (nSPS) is 17.3. The minimum absolute atomic E-state index is 0.282. The molecule has 1 aliphatic heterocycles. The van der Waals surface area contributed by atoms with Crippen molar-refractivity contribution in [2.24, 2.45) is 22.6 Å². The van der Waals surface area contributed by atoms with Gasteiger partial charge < -0.3 is 16.4 Å². The predicted molar refractivity (Wildman–Crippen MR) is 131 cm³/mol. The van der Waals surface area contributed by atoms with Gasteiger partial charge >= 0.3 is 12.4 Å². The van der Waals surface area contributed by atoms with E-state index in [0.717, 1.165) is 5.56 Å². The molecule has 1 aliphatic rings. The van der Waals surface area contributed by atoms with Crippen molar-refractivity contribution >= 4 is 29.1 Å². The molecule has 0 unspecified atom stereocenters. The highest BCUT2D eigenvalue weighted by Crippen LogP contribution is 2.33. The second-order valence-electron chi connectivity index (χ2n) is 9.21. The Kier molecular flexibility index (Phi) is 9.03. The fourth-order valence-electron chi connectivity index (χ4n) is 4.23. The van der Waals surface area contributed by atoms with E-state index < -0.39 is 73.8 Å². The van der Waals surface area contributed by atoms with E-state index in [4.69, 9.17) is 5.73 Å². The maximum absolute atomic E-state index is 13.2. The number of hydrogen-bond acceptors (Lipinski definition) is 4. The summed E-state index contributed by atoms with van der Waals surface area (Å²) < 4.78 is 77.5. The van der Waals surface area contributed by atoms with Crippen molar-refractivity contribution in [3.63, 3.8) is 0 Å². The summed E-state index contributed by atoms with van der Waals surface area (Å²) in [5.41, 5.74) is 7.86. The molecule has 4 N–H and O–H groups in total. The Morgan fingerprint density at radius 2 is 1.51 bits per heavy atom. The maximum Gasteiger partial charge on any atom is 0.389 e. The number of benzodiazepines with no additional fused rings is 1. The van der Waals surface area contributed by atoms with Crippen LogP contribution in [0.5, 0.6) is 0 Å². The number of aryl methyl sites for hydroxylation is 1. The van der Waals surface area contributed by atoms with Crippen molar-refractivity contribution in [1.82, 2.24) is 5.32 Å². The number of amides is 3. The Labute approximate surface area is 219 Å². The van der Waals surface area contributed by atoms with Gasteiger partial charge in [-0.3, -0.25) is 14.4 Å². The van der Waals surface area contributed by atoms with Crippen LogP contribution in [-0.4, -0.2) is 42.0 Å². The molecule has 2 aromatic rings. The number of para-hydroxylation sites is 1. The van der Waals surface area contributed by atoms with Crippen molar-refractivity contribution in [2.45, 2.75) is 51.1 Å². The molecule has 7 nitrogen and oxygen atoms in total. The molecular formula is C26H26F6N4O3. The average molecular weight is 557 g/mol. The molecule has 2 aromatic carbocycles. The molecule has 0 fully saturated rings. The second kappa shape index (κ2) is 11.9. The number of aliphatic imine (C=N–C) groups is 1. The van der Waals surface area contributed by atoms with Gasteiger partial charge in [0, 0.05) is 35.8 Å². The number of nitrogens with one attached hydrogen (secondary N) is 2. The van der Waals surface area contributed by atoms with E-state index in [9.17, 15) is 40.7 Å². The third kappa shape index (κ3) is 8.29. The number of fused-ring (bicyclic) bond motifs is 1. The fourth-order valence-corrected chi connectivity index (χ4v) is 4.23. The number of anilines is 1. The Balaban J connectivity index is 1.98. The number of primary amides is 1. The van der Waals surface area contributed by atoms with E-state index in [1.807, 2.05) is 6.92 Å². The van der Waals surface area contributed by atoms with Gasteiger partial charge in [0.2, 0.25) is 18.0 Å². The monoisotopic (exact) mass is 556 g/mol. The van der Waals surface area contributed by atoms with Gasteiger partial charge in [0.15, 0.2) is 0 Å². The van der Waals surface area contributed by atoms with Crippen LogP contribution in [-0.2, 0) is 14.4 Å². The van der Waals surface area contributed by atoms with Gasteiger partial charge in [0.25, 0.3) is 5.91 Å². The van der Waals surface area contributed by atoms with Gasteiger partial charge in [-0.25, -0.2) is 4.99 Å². The van der Waals surface area contributed by atoms with Crippen LogP contribution in [0.1, 0.15) is 42.4 Å². The lowest BCUT2D eigenvalue weighted by Crippen LogP contribution is -2.48. The van der Waals surface area contributed by atoms with E-state index >= 15 is 0 Å². The van der Waals surface area contributed by atoms with Gasteiger partial charge in [-0.05, 0) is 25.8 Å². The van der Waals surface area contributed by atoms with E-state index in [0.29, 0.717) is 16.8 Å². The van der Waals surface area contributed by atoms with Crippen LogP contribution in [0, 0.1) is 18.8 Å². The summed E-state index contributed by atoms with van der Waals surface area (Å²) in [6.45, 7) is 1.86. The largest absolute Gasteiger partial charge is 0.389 e. The van der Waals surface area contributed by atoms with Crippen molar-refractivity contribution in [2.75, 3.05) is 5.32 Å². The molecule has 0 saturated carbocycles. The molecular weight excluding hydrogens is 530 g/mol. The third-order valence-corrected chi connectivity index (χ3v) is 6.22. The highest BCUT2D eigenvalue weighted by Gasteiger charge is 2.40. The number of halogens is 6. The van der Waals surface area contributed by atoms with Crippen LogP contribution >= 0.6 is 0 Å². The topological polar surface area (TPSA) is 114 Å². The Hall–Kier alpha value is -3.90. The number of carbonyl (C=O) groups excluding carboxylic acids is 3. The SMILES string of the molecule is Cc1ccc(C2=N[C@H](NC(=O)[C@H](CCC(F)(F)F)[C@H](CCC(F)(F)F)C(N)=O)C(=O)Nc3ccccc32)cc1. The van der Waals surface area contributed by atoms with E-state index in [1.54, 1.807) is 48.5 Å². The zero-order valence-corrected chi connectivity index (χ0v) is 20.7. The highest BCUT2D eigenvalue weighted by atomic mass is 19.4. The summed E-state index contributed by atoms with van der Waals surface area (Å²) in [6.07, 6.45) is -16.3. The molecule has 3 rings (SSSR count). The molecule has 3 amide bonds. The maximum atomic E-state index is 13.2. The number of nitrogens with two attached hydrogens (primary N) is 1. The third-order valence-electron chi connectivity index (χ3n) is 6.22. The highest BCUT2D eigenvalue weighted by molar-refractivity contribution is 6.19. The Morgan fingerprint density at radius 1 is 0.949 bits per heavy atom. The number of nitrogens with zero attached hydrogens (tertiary/aromatic N) is 1. The zero-order chi connectivity index (χ0) is 29.0. The zero-order valence-electron chi connectivity index (χ0n) is 20.7. The first-order valence-corrected chi connectivity index (χ1v) is 11.9. The fraction of sp³-hybridized carbons (Fsp3) is 0.385. The molecule has 1 heterocycles. The molecule has 0 spiro atoms. The molecule has 39 heavy (non-hydrogen) atoms. The number of alkyl halides is 6. The lowest BCUT2D eigenvalue weighted by Gasteiger charge is -2.26. The van der Waals surface area contributed by atoms with E-state index in [-0.39, 0.29) is 5.71 Å². The smallest absolute Gasteiger partial charge is 0.369 e. The number of rotatable bonds is 9. The van der Waals surface area contributed by atoms with Crippen molar-refractivity contribution in [3.8, 4) is 0 Å². The standard InChI is InChI=1S/C26H26F6N4O3/c1-14-6-8-15(9-7-14)20-18-4-2-3-5-19(18)34-24(39)22(35-20)36-23(38)17(11-13-26(30,31)32)16(21(33)37)10-12-25(27,28)29/h2-9,16-17,22H,10-13H2,1H3,(H2,33,37)(H,34,39)(H,36,38)/t16-,17+,22+/m0/s1. The molecule has 0 radical (unpaired) electrons. The van der Waals surface area contributed by atoms with Gasteiger partial charge in [0.1, 0.15) is 0 Å². The Morgan fingerprint density at radius 3 is 2.08 bits per heavy atom. The number of hydrogen-bond donors (Lipinski definition) is 3. The molecule has 210 valence electrons. The molecule has 0 bridgehead atoms. The lowest BCUT2D eigenvalue weighted by atomic mass is 9.83. The summed E-state index contributed by atoms with van der Waals surface area (Å²) in [4.78, 5) is 42.6. The Bertz CT molecular complexity index is 1240. The van der Waals surface area contributed by atoms with Gasteiger partial charge in [-0.15, -0.1) is 0 Å². The summed E-state index contributed by atoms with van der Waals surface area (Å²) in [5.74, 6) is -7.19. The number of benzene rings is 2. The van der Waals surface area contributed by atoms with Crippen molar-refractivity contribution in [1.29, 1.82) is 0 Å². The minimum Gasteiger partial charge on any atom is -0.369 e. The van der Waals surface area contributed by atoms with Crippen molar-refractivity contribution in [3.05, 3.63) is 65.2 Å². The van der Waals surface area contributed by atoms with Crippen molar-refractivity contribution < 1.29 is 40.7 Å². The molecule has 0 aliphatic carbocycles. The predicted octanol–water partition coefficient (Wildman–Crippen LogP) is 4.63. The number of carbonyl (C=O) groups is 3. The summed E-state index contributed by atoms with van der Waals surface area (Å²) in [6, 6.07) is 13.6. The van der Waals surface area contributed by atoms with Crippen LogP contribution in [0.2, 0.25) is 0 Å². The average Bonchev–Trinajstić information content (AvgIpc) is 2.96. The first-order valence-electron chi connectivity index (χ1n) is 11.9. The minimum atomic E-state index is -4.76. The van der Waals surface area contributed by atoms with Crippen LogP contribution in [0.3, 0.4) is 0 Å². The summed E-state index contributed by atoms with van der Waals surface area (Å²) in [5, 5.41) is 4.82. The van der Waals surface area contributed by atoms with Crippen LogP contribution in [0.4, 0.5) is 32.0 Å². The van der Waals surface area contributed by atoms with Gasteiger partial charge in [-0.2, -0.15) is 26.3 Å². The van der Waals surface area contributed by atoms with Crippen LogP contribution < -0.4 is 16.4 Å². The quantitative estimate of drug-likeness (QED) is 0.392. The first-order chi connectivity index (χ1) is 18.1. The molecule has 0 aromatic heterocycles. The molecule has 3 atom stereocenters. The lowest BCUT2D eigenvalue weighted by molar-refractivity contribution is -0.152. The summed E-state index contributed by atoms with van der Waals surface area (Å²) in [7, 11) is 0. The first kappa shape index (κ1) is 29.7. The van der Waals surface area contributed by atoms with Crippen LogP contribution in [0.25, 0.3) is 0 Å². The van der Waals surface area contributed by atoms with Gasteiger partial charge in [0.05, 0.1) is 11.4 Å². The van der Waals surface area contributed by atoms with Gasteiger partial charge in [-0.1, -0.05) is 48.0 Å². The molecule has 0 saturated heterocycles. The second-order valence-corrected chi connectivity index (χ2v) is 9.21. The van der Waals surface area contributed by atoms with Crippen LogP contribution in [0.15, 0.2) is 53.5 Å². The van der Waals surface area contributed by atoms with E-state index in [2.05, 4.69) is 15.6 Å². The van der Waals surface area contributed by atoms with E-state index in [1.165, 1.54) is 0 Å².